The van der Waals surface area contributed by atoms with Gasteiger partial charge in [-0.05, 0) is 49.9 Å². The molecule has 2 heterocycles. The van der Waals surface area contributed by atoms with E-state index in [2.05, 4.69) is 21.4 Å². The highest BCUT2D eigenvalue weighted by Crippen LogP contribution is 2.26. The van der Waals surface area contributed by atoms with Crippen molar-refractivity contribution in [2.24, 2.45) is 0 Å². The predicted molar refractivity (Wildman–Crippen MR) is 118 cm³/mol. The van der Waals surface area contributed by atoms with Gasteiger partial charge in [0, 0.05) is 23.1 Å². The lowest BCUT2D eigenvalue weighted by Gasteiger charge is -2.22. The second kappa shape index (κ2) is 7.39. The second-order valence-corrected chi connectivity index (χ2v) is 7.21. The fourth-order valence-electron chi connectivity index (χ4n) is 3.60. The second-order valence-electron chi connectivity index (χ2n) is 7.21. The first-order valence-electron chi connectivity index (χ1n) is 9.52. The average molecular weight is 385 g/mol. The van der Waals surface area contributed by atoms with Gasteiger partial charge in [-0.2, -0.15) is 4.98 Å². The summed E-state index contributed by atoms with van der Waals surface area (Å²) >= 11 is 0. The lowest BCUT2D eigenvalue weighted by Crippen LogP contribution is -2.26. The van der Waals surface area contributed by atoms with Crippen LogP contribution in [0.5, 0.6) is 0 Å². The molecule has 4 aromatic rings. The van der Waals surface area contributed by atoms with Crippen LogP contribution in [0.1, 0.15) is 29.8 Å². The Morgan fingerprint density at radius 3 is 2.55 bits per heavy atom. The van der Waals surface area contributed by atoms with E-state index < -0.39 is 0 Å². The van der Waals surface area contributed by atoms with E-state index in [1.54, 1.807) is 10.8 Å². The molecule has 146 valence electrons. The van der Waals surface area contributed by atoms with Crippen molar-refractivity contribution >= 4 is 22.5 Å². The Kier molecular flexibility index (Phi) is 4.76. The highest BCUT2D eigenvalue weighted by atomic mass is 16.1. The van der Waals surface area contributed by atoms with E-state index in [1.807, 2.05) is 69.3 Å². The Morgan fingerprint density at radius 1 is 1.03 bits per heavy atom. The van der Waals surface area contributed by atoms with Crippen molar-refractivity contribution in [3.8, 4) is 5.69 Å². The van der Waals surface area contributed by atoms with Crippen LogP contribution >= 0.6 is 0 Å². The number of benzene rings is 2. The number of aromatic nitrogens is 3. The number of nitrogen functional groups attached to an aromatic ring is 1. The number of nitrogens with zero attached hydrogens (tertiary/aromatic N) is 3. The van der Waals surface area contributed by atoms with Gasteiger partial charge in [-0.3, -0.25) is 9.36 Å². The first-order chi connectivity index (χ1) is 14.0. The number of pyridine rings is 1. The Morgan fingerprint density at radius 2 is 1.79 bits per heavy atom. The molecule has 0 amide bonds. The number of hydrogen-bond donors (Lipinski definition) is 2. The smallest absolute Gasteiger partial charge is 0.263 e. The number of nitrogens with two attached hydrogens (primary N) is 1. The van der Waals surface area contributed by atoms with Crippen molar-refractivity contribution in [1.29, 1.82) is 0 Å². The Bertz CT molecular complexity index is 1250. The minimum Gasteiger partial charge on any atom is -0.368 e. The molecule has 0 saturated carbocycles. The molecule has 1 atom stereocenters. The van der Waals surface area contributed by atoms with Gasteiger partial charge < -0.3 is 11.1 Å². The van der Waals surface area contributed by atoms with Crippen LogP contribution in [0.15, 0.2) is 65.6 Å². The van der Waals surface area contributed by atoms with Gasteiger partial charge in [0.15, 0.2) is 0 Å². The van der Waals surface area contributed by atoms with Crippen molar-refractivity contribution < 1.29 is 0 Å². The van der Waals surface area contributed by atoms with Crippen molar-refractivity contribution in [2.75, 3.05) is 11.1 Å². The number of fused-ring (bicyclic) bond motifs is 1. The minimum atomic E-state index is -0.194. The number of aryl methyl sites for hydroxylation is 2. The molecule has 3 N–H and O–H groups in total. The first kappa shape index (κ1) is 18.7. The summed E-state index contributed by atoms with van der Waals surface area (Å²) in [6.45, 7) is 5.89. The van der Waals surface area contributed by atoms with Gasteiger partial charge in [0.05, 0.1) is 11.4 Å². The molecule has 0 bridgehead atoms. The number of anilines is 2. The average Bonchev–Trinajstić information content (AvgIpc) is 2.71. The lowest BCUT2D eigenvalue weighted by molar-refractivity contribution is 0.771. The summed E-state index contributed by atoms with van der Waals surface area (Å²) in [7, 11) is 0. The summed E-state index contributed by atoms with van der Waals surface area (Å²) in [5.74, 6) is 0.862. The molecule has 6 heteroatoms. The van der Waals surface area contributed by atoms with E-state index in [0.717, 1.165) is 33.3 Å². The van der Waals surface area contributed by atoms with E-state index in [1.165, 1.54) is 0 Å². The zero-order valence-corrected chi connectivity index (χ0v) is 16.7. The molecule has 0 spiro atoms. The molecule has 0 unspecified atom stereocenters. The molecule has 2 aromatic carbocycles. The fourth-order valence-corrected chi connectivity index (χ4v) is 3.60. The van der Waals surface area contributed by atoms with Crippen molar-refractivity contribution in [1.82, 2.24) is 14.5 Å². The van der Waals surface area contributed by atoms with Gasteiger partial charge in [-0.1, -0.05) is 36.4 Å². The third-order valence-corrected chi connectivity index (χ3v) is 5.09. The van der Waals surface area contributed by atoms with E-state index in [9.17, 15) is 4.79 Å². The molecule has 0 radical (unpaired) electrons. The van der Waals surface area contributed by atoms with E-state index in [4.69, 9.17) is 5.73 Å². The molecule has 0 saturated heterocycles. The third kappa shape index (κ3) is 3.45. The molecule has 0 fully saturated rings. The number of hydrogen-bond acceptors (Lipinski definition) is 5. The van der Waals surface area contributed by atoms with Gasteiger partial charge in [-0.15, -0.1) is 0 Å². The molecule has 0 aliphatic carbocycles. The number of rotatable bonds is 4. The monoisotopic (exact) mass is 385 g/mol. The van der Waals surface area contributed by atoms with Gasteiger partial charge in [0.25, 0.3) is 5.56 Å². The molecule has 6 nitrogen and oxygen atoms in total. The molecule has 4 rings (SSSR count). The summed E-state index contributed by atoms with van der Waals surface area (Å²) < 4.78 is 1.77. The number of para-hydroxylation sites is 1. The molecule has 0 aliphatic heterocycles. The molecular weight excluding hydrogens is 362 g/mol. The summed E-state index contributed by atoms with van der Waals surface area (Å²) in [5.41, 5.74) is 9.24. The fraction of sp³-hybridized carbons (Fsp3) is 0.174. The van der Waals surface area contributed by atoms with Crippen LogP contribution in [-0.4, -0.2) is 14.5 Å². The topological polar surface area (TPSA) is 85.8 Å². The Hall–Kier alpha value is -3.67. The summed E-state index contributed by atoms with van der Waals surface area (Å²) in [4.78, 5) is 21.9. The van der Waals surface area contributed by atoms with Gasteiger partial charge in [0.1, 0.15) is 5.82 Å². The van der Waals surface area contributed by atoms with Crippen molar-refractivity contribution in [2.45, 2.75) is 26.8 Å². The molecule has 0 aliphatic rings. The maximum atomic E-state index is 13.5. The van der Waals surface area contributed by atoms with Crippen LogP contribution in [0.25, 0.3) is 16.5 Å². The quantitative estimate of drug-likeness (QED) is 0.551. The normalized spacial score (nSPS) is 12.1. The molecule has 2 aromatic heterocycles. The third-order valence-electron chi connectivity index (χ3n) is 5.09. The van der Waals surface area contributed by atoms with Crippen molar-refractivity contribution in [3.05, 3.63) is 88.0 Å². The van der Waals surface area contributed by atoms with Crippen LogP contribution < -0.4 is 16.6 Å². The largest absolute Gasteiger partial charge is 0.368 e. The van der Waals surface area contributed by atoms with Gasteiger partial charge >= 0.3 is 0 Å². The Balaban J connectivity index is 1.93. The summed E-state index contributed by atoms with van der Waals surface area (Å²) in [6.07, 6.45) is 1.69. The van der Waals surface area contributed by atoms with E-state index >= 15 is 0 Å². The van der Waals surface area contributed by atoms with Crippen LogP contribution in [-0.2, 0) is 0 Å². The standard InChI is InChI=1S/C23H23N5O/c1-14-8-7-9-17-12-19(16(3)26-21-15(2)13-25-23(24)27-21)28(22(29)20(14)17)18-10-5-4-6-11-18/h4-13,16H,1-3H3,(H3,24,25,26,27)/t16-/m0/s1. The van der Waals surface area contributed by atoms with Crippen molar-refractivity contribution in [3.63, 3.8) is 0 Å². The van der Waals surface area contributed by atoms with E-state index in [0.29, 0.717) is 5.82 Å². The molecule has 29 heavy (non-hydrogen) atoms. The minimum absolute atomic E-state index is 0.0330. The zero-order valence-electron chi connectivity index (χ0n) is 16.7. The zero-order chi connectivity index (χ0) is 20.5. The highest BCUT2D eigenvalue weighted by molar-refractivity contribution is 5.85. The lowest BCUT2D eigenvalue weighted by atomic mass is 10.0. The summed E-state index contributed by atoms with van der Waals surface area (Å²) in [5, 5.41) is 5.05. The first-order valence-corrected chi connectivity index (χ1v) is 9.52. The predicted octanol–water partition coefficient (Wildman–Crippen LogP) is 4.15. The number of nitrogens with one attached hydrogen (secondary N) is 1. The van der Waals surface area contributed by atoms with Crippen LogP contribution in [0.3, 0.4) is 0 Å². The van der Waals surface area contributed by atoms with Crippen LogP contribution in [0, 0.1) is 13.8 Å². The summed E-state index contributed by atoms with van der Waals surface area (Å²) in [6, 6.07) is 17.5. The van der Waals surface area contributed by atoms with E-state index in [-0.39, 0.29) is 17.5 Å². The highest BCUT2D eigenvalue weighted by Gasteiger charge is 2.18. The van der Waals surface area contributed by atoms with Crippen LogP contribution in [0.2, 0.25) is 0 Å². The maximum absolute atomic E-state index is 13.5. The maximum Gasteiger partial charge on any atom is 0.263 e. The van der Waals surface area contributed by atoms with Gasteiger partial charge in [-0.25, -0.2) is 4.98 Å². The Labute approximate surface area is 169 Å². The van der Waals surface area contributed by atoms with Gasteiger partial charge in [0.2, 0.25) is 5.95 Å². The SMILES string of the molecule is Cc1cnc(N)nc1N[C@@H](C)c1cc2cccc(C)c2c(=O)n1-c1ccccc1. The molecular formula is C23H23N5O. The van der Waals surface area contributed by atoms with Crippen LogP contribution in [0.4, 0.5) is 11.8 Å².